The molecule has 1 aromatic carbocycles. The number of carbonyl (C=O) groups excluding carboxylic acids is 2. The van der Waals surface area contributed by atoms with Crippen LogP contribution >= 0.6 is 0 Å². The van der Waals surface area contributed by atoms with Crippen LogP contribution in [0.1, 0.15) is 53.8 Å². The lowest BCUT2D eigenvalue weighted by Gasteiger charge is -2.31. The number of methoxy groups -OCH3 is 1. The van der Waals surface area contributed by atoms with Gasteiger partial charge < -0.3 is 19.5 Å². The molecule has 0 unspecified atom stereocenters. The van der Waals surface area contributed by atoms with Crippen molar-refractivity contribution in [2.75, 3.05) is 13.7 Å². The van der Waals surface area contributed by atoms with E-state index in [4.69, 9.17) is 9.26 Å². The molecule has 2 amide bonds. The number of fused-ring (bicyclic) bond motifs is 1. The third-order valence-electron chi connectivity index (χ3n) is 5.93. The highest BCUT2D eigenvalue weighted by Gasteiger charge is 2.30. The maximum atomic E-state index is 12.5. The summed E-state index contributed by atoms with van der Waals surface area (Å²) in [6.45, 7) is 1.53. The van der Waals surface area contributed by atoms with Gasteiger partial charge in [0.2, 0.25) is 5.91 Å². The van der Waals surface area contributed by atoms with Crippen LogP contribution in [-0.2, 0) is 17.8 Å². The molecule has 2 aromatic rings. The first-order valence-electron chi connectivity index (χ1n) is 10.3. The van der Waals surface area contributed by atoms with Crippen LogP contribution in [0.2, 0.25) is 0 Å². The van der Waals surface area contributed by atoms with E-state index in [1.165, 1.54) is 7.11 Å². The second kappa shape index (κ2) is 8.68. The van der Waals surface area contributed by atoms with Gasteiger partial charge in [-0.2, -0.15) is 0 Å². The summed E-state index contributed by atoms with van der Waals surface area (Å²) in [7, 11) is 1.53. The summed E-state index contributed by atoms with van der Waals surface area (Å²) in [5, 5.41) is 6.87. The van der Waals surface area contributed by atoms with Crippen molar-refractivity contribution in [3.8, 4) is 5.88 Å². The van der Waals surface area contributed by atoms with E-state index in [2.05, 4.69) is 10.5 Å². The number of aryl methyl sites for hydroxylation is 1. The monoisotopic (exact) mass is 397 g/mol. The van der Waals surface area contributed by atoms with Crippen LogP contribution in [-0.4, -0.2) is 41.6 Å². The molecule has 1 fully saturated rings. The molecule has 2 aliphatic rings. The summed E-state index contributed by atoms with van der Waals surface area (Å²) in [5.74, 6) is 1.77. The third kappa shape index (κ3) is 4.60. The Morgan fingerprint density at radius 1 is 1.28 bits per heavy atom. The Morgan fingerprint density at radius 2 is 2.07 bits per heavy atom. The zero-order valence-electron chi connectivity index (χ0n) is 16.7. The molecule has 29 heavy (non-hydrogen) atoms. The lowest BCUT2D eigenvalue weighted by molar-refractivity contribution is -0.122. The van der Waals surface area contributed by atoms with Gasteiger partial charge in [0.05, 0.1) is 7.11 Å². The molecule has 1 aliphatic carbocycles. The Bertz CT molecular complexity index is 870. The summed E-state index contributed by atoms with van der Waals surface area (Å²) in [6, 6.07) is 9.79. The quantitative estimate of drug-likeness (QED) is 0.776. The summed E-state index contributed by atoms with van der Waals surface area (Å²) in [5.41, 5.74) is 1.97. The van der Waals surface area contributed by atoms with Gasteiger partial charge in [0.25, 0.3) is 11.8 Å². The molecule has 1 aliphatic heterocycles. The molecule has 0 bridgehead atoms. The number of nitrogens with zero attached hydrogens (tertiary/aromatic N) is 2. The van der Waals surface area contributed by atoms with Crippen LogP contribution in [0.4, 0.5) is 0 Å². The van der Waals surface area contributed by atoms with E-state index in [-0.39, 0.29) is 17.9 Å². The molecule has 0 spiro atoms. The van der Waals surface area contributed by atoms with Gasteiger partial charge in [-0.1, -0.05) is 18.2 Å². The molecule has 0 radical (unpaired) electrons. The van der Waals surface area contributed by atoms with E-state index in [0.29, 0.717) is 30.4 Å². The molecule has 1 aromatic heterocycles. The van der Waals surface area contributed by atoms with E-state index in [9.17, 15) is 9.59 Å². The molecular weight excluding hydrogens is 370 g/mol. The first-order chi connectivity index (χ1) is 14.1. The standard InChI is InChI=1S/C22H27N3O4/c1-28-21-12-18(29-24-21)10-11-20(26)23-17-8-6-15(7-9-17)13-25-14-16-4-2-3-5-19(16)22(25)27/h2-5,12,15,17H,6-11,13-14H2,1H3,(H,23,26). The van der Waals surface area contributed by atoms with Crippen molar-refractivity contribution in [1.29, 1.82) is 0 Å². The minimum absolute atomic E-state index is 0.0361. The second-order valence-electron chi connectivity index (χ2n) is 7.96. The minimum Gasteiger partial charge on any atom is -0.479 e. The Morgan fingerprint density at radius 3 is 2.79 bits per heavy atom. The summed E-state index contributed by atoms with van der Waals surface area (Å²) in [6.07, 6.45) is 4.87. The Kier molecular flexibility index (Phi) is 5.83. The van der Waals surface area contributed by atoms with Gasteiger partial charge in [0, 0.05) is 43.6 Å². The Hall–Kier alpha value is -2.83. The summed E-state index contributed by atoms with van der Waals surface area (Å²) < 4.78 is 10.1. The Labute approximate surface area is 170 Å². The van der Waals surface area contributed by atoms with Crippen molar-refractivity contribution >= 4 is 11.8 Å². The lowest BCUT2D eigenvalue weighted by atomic mass is 9.85. The lowest BCUT2D eigenvalue weighted by Crippen LogP contribution is -2.40. The van der Waals surface area contributed by atoms with Gasteiger partial charge in [0.15, 0.2) is 0 Å². The maximum Gasteiger partial charge on any atom is 0.254 e. The average molecular weight is 397 g/mol. The normalized spacial score (nSPS) is 21.1. The van der Waals surface area contributed by atoms with Crippen LogP contribution in [0.15, 0.2) is 34.9 Å². The van der Waals surface area contributed by atoms with Crippen molar-refractivity contribution in [1.82, 2.24) is 15.4 Å². The molecule has 1 N–H and O–H groups in total. The zero-order chi connectivity index (χ0) is 20.2. The molecule has 154 valence electrons. The van der Waals surface area contributed by atoms with E-state index >= 15 is 0 Å². The fourth-order valence-corrected chi connectivity index (χ4v) is 4.31. The van der Waals surface area contributed by atoms with Crippen molar-refractivity contribution in [2.45, 2.75) is 51.1 Å². The van der Waals surface area contributed by atoms with E-state index < -0.39 is 0 Å². The number of amides is 2. The smallest absolute Gasteiger partial charge is 0.254 e. The number of ether oxygens (including phenoxy) is 1. The number of rotatable bonds is 7. The molecule has 7 nitrogen and oxygen atoms in total. The van der Waals surface area contributed by atoms with Crippen LogP contribution in [0.3, 0.4) is 0 Å². The molecular formula is C22H27N3O4. The van der Waals surface area contributed by atoms with Gasteiger partial charge in [-0.15, -0.1) is 0 Å². The third-order valence-corrected chi connectivity index (χ3v) is 5.93. The van der Waals surface area contributed by atoms with Crippen molar-refractivity contribution in [2.24, 2.45) is 5.92 Å². The van der Waals surface area contributed by atoms with Crippen molar-refractivity contribution in [3.63, 3.8) is 0 Å². The first-order valence-corrected chi connectivity index (χ1v) is 10.3. The van der Waals surface area contributed by atoms with Crippen LogP contribution in [0.25, 0.3) is 0 Å². The van der Waals surface area contributed by atoms with Gasteiger partial charge in [-0.25, -0.2) is 0 Å². The predicted octanol–water partition coefficient (Wildman–Crippen LogP) is 2.95. The van der Waals surface area contributed by atoms with Gasteiger partial charge in [-0.05, 0) is 48.4 Å². The highest BCUT2D eigenvalue weighted by Crippen LogP contribution is 2.29. The SMILES string of the molecule is COc1cc(CCC(=O)NC2CCC(CN3Cc4ccccc4C3=O)CC2)on1. The summed E-state index contributed by atoms with van der Waals surface area (Å²) in [4.78, 5) is 26.7. The molecule has 1 saturated carbocycles. The van der Waals surface area contributed by atoms with Gasteiger partial charge in [0.1, 0.15) is 5.76 Å². The first kappa shape index (κ1) is 19.5. The fraction of sp³-hybridized carbons (Fsp3) is 0.500. The summed E-state index contributed by atoms with van der Waals surface area (Å²) >= 11 is 0. The molecule has 0 saturated heterocycles. The number of aromatic nitrogens is 1. The maximum absolute atomic E-state index is 12.5. The number of hydrogen-bond donors (Lipinski definition) is 1. The average Bonchev–Trinajstić information content (AvgIpc) is 3.33. The van der Waals surface area contributed by atoms with E-state index in [1.54, 1.807) is 6.07 Å². The second-order valence-corrected chi connectivity index (χ2v) is 7.96. The highest BCUT2D eigenvalue weighted by atomic mass is 16.5. The largest absolute Gasteiger partial charge is 0.479 e. The van der Waals surface area contributed by atoms with E-state index in [0.717, 1.165) is 49.9 Å². The Balaban J connectivity index is 1.18. The fourth-order valence-electron chi connectivity index (χ4n) is 4.31. The van der Waals surface area contributed by atoms with Crippen molar-refractivity contribution in [3.05, 3.63) is 47.2 Å². The molecule has 7 heteroatoms. The van der Waals surface area contributed by atoms with Crippen LogP contribution in [0, 0.1) is 5.92 Å². The molecule has 2 heterocycles. The number of hydrogen-bond acceptors (Lipinski definition) is 5. The van der Waals surface area contributed by atoms with Gasteiger partial charge in [-0.3, -0.25) is 9.59 Å². The van der Waals surface area contributed by atoms with Crippen molar-refractivity contribution < 1.29 is 18.8 Å². The topological polar surface area (TPSA) is 84.7 Å². The molecule has 4 rings (SSSR count). The van der Waals surface area contributed by atoms with E-state index in [1.807, 2.05) is 29.2 Å². The van der Waals surface area contributed by atoms with Crippen LogP contribution in [0.5, 0.6) is 5.88 Å². The minimum atomic E-state index is 0.0361. The van der Waals surface area contributed by atoms with Crippen LogP contribution < -0.4 is 10.1 Å². The number of carbonyl (C=O) groups is 2. The number of nitrogens with one attached hydrogen (secondary N) is 1. The predicted molar refractivity (Wildman–Crippen MR) is 106 cm³/mol. The number of benzene rings is 1. The zero-order valence-corrected chi connectivity index (χ0v) is 16.7. The molecule has 0 atom stereocenters. The van der Waals surface area contributed by atoms with Gasteiger partial charge >= 0.3 is 0 Å². The highest BCUT2D eigenvalue weighted by molar-refractivity contribution is 5.98.